The van der Waals surface area contributed by atoms with Gasteiger partial charge in [0.05, 0.1) is 11.4 Å². The van der Waals surface area contributed by atoms with E-state index in [-0.39, 0.29) is 5.75 Å². The van der Waals surface area contributed by atoms with Crippen molar-refractivity contribution in [2.24, 2.45) is 0 Å². The second-order valence-electron chi connectivity index (χ2n) is 11.9. The fourth-order valence-corrected chi connectivity index (χ4v) is 6.79. The normalized spacial score (nSPS) is 19.5. The minimum atomic E-state index is 0.235. The fraction of sp³-hybridized carbons (Fsp3) is 0.576. The van der Waals surface area contributed by atoms with Crippen molar-refractivity contribution in [2.45, 2.75) is 95.3 Å². The van der Waals surface area contributed by atoms with E-state index in [0.29, 0.717) is 17.4 Å². The zero-order valence-electron chi connectivity index (χ0n) is 23.7. The summed E-state index contributed by atoms with van der Waals surface area (Å²) in [6, 6.07) is 11.4. The molecule has 2 saturated carbocycles. The number of aromatic nitrogens is 2. The van der Waals surface area contributed by atoms with Gasteiger partial charge in [0, 0.05) is 41.3 Å². The van der Waals surface area contributed by atoms with Crippen LogP contribution in [-0.4, -0.2) is 46.6 Å². The number of piperidine rings is 1. The average Bonchev–Trinajstić information content (AvgIpc) is 3.63. The fourth-order valence-electron chi connectivity index (χ4n) is 6.79. The molecule has 1 N–H and O–H groups in total. The van der Waals surface area contributed by atoms with Gasteiger partial charge in [-0.25, -0.2) is 0 Å². The molecule has 0 bridgehead atoms. The van der Waals surface area contributed by atoms with E-state index in [1.165, 1.54) is 102 Å². The molecule has 2 aromatic heterocycles. The van der Waals surface area contributed by atoms with Crippen LogP contribution in [0.1, 0.15) is 107 Å². The Bertz CT molecular complexity index is 1360. The Balaban J connectivity index is 0.000000157. The van der Waals surface area contributed by atoms with Gasteiger partial charge < -0.3 is 18.9 Å². The van der Waals surface area contributed by atoms with Gasteiger partial charge in [-0.05, 0) is 75.9 Å². The lowest BCUT2D eigenvalue weighted by Crippen LogP contribution is -2.33. The van der Waals surface area contributed by atoms with Crippen LogP contribution >= 0.6 is 0 Å². The molecule has 0 radical (unpaired) electrons. The van der Waals surface area contributed by atoms with Crippen LogP contribution in [-0.2, 0) is 0 Å². The van der Waals surface area contributed by atoms with E-state index in [9.17, 15) is 5.11 Å². The summed E-state index contributed by atoms with van der Waals surface area (Å²) in [5, 5.41) is 20.1. The standard InChI is InChI=1S/C20H28N2O2.C13H15NO2/c1-3-7-16(8-4-1)20-18-10-9-17(15-19(18)24-21-20)23-14-13-22-11-5-2-6-12-22;15-10-6-7-11-12(8-10)16-14-13(11)9-4-2-1-3-5-9/h9-10,15-16H,1-8,11-14H2;6-9,15H,1-5H2. The Hall–Kier alpha value is -3.06. The van der Waals surface area contributed by atoms with E-state index in [0.717, 1.165) is 41.3 Å². The number of hydrogen-bond donors (Lipinski definition) is 1. The molecule has 0 spiro atoms. The molecule has 0 amide bonds. The number of nitrogens with zero attached hydrogens (tertiary/aromatic N) is 3. The molecular formula is C33H43N3O4. The minimum absolute atomic E-state index is 0.235. The first-order chi connectivity index (χ1) is 19.7. The number of likely N-dealkylation sites (tertiary alicyclic amines) is 1. The Morgan fingerprint density at radius 3 is 1.88 bits per heavy atom. The second-order valence-corrected chi connectivity index (χ2v) is 11.9. The molecular weight excluding hydrogens is 502 g/mol. The summed E-state index contributed by atoms with van der Waals surface area (Å²) in [4.78, 5) is 2.50. The number of rotatable bonds is 6. The van der Waals surface area contributed by atoms with Gasteiger partial charge in [0.15, 0.2) is 11.2 Å². The highest BCUT2D eigenvalue weighted by molar-refractivity contribution is 5.82. The lowest BCUT2D eigenvalue weighted by atomic mass is 9.86. The van der Waals surface area contributed by atoms with Gasteiger partial charge >= 0.3 is 0 Å². The summed E-state index contributed by atoms with van der Waals surface area (Å²) in [5.41, 5.74) is 3.80. The third-order valence-electron chi connectivity index (χ3n) is 9.06. The van der Waals surface area contributed by atoms with Crippen molar-refractivity contribution in [1.29, 1.82) is 0 Å². The van der Waals surface area contributed by atoms with Crippen LogP contribution in [0.5, 0.6) is 11.5 Å². The van der Waals surface area contributed by atoms with Crippen molar-refractivity contribution in [3.63, 3.8) is 0 Å². The Labute approximate surface area is 236 Å². The maximum absolute atomic E-state index is 9.36. The summed E-state index contributed by atoms with van der Waals surface area (Å²) in [6.07, 6.45) is 16.9. The Kier molecular flexibility index (Phi) is 8.86. The average molecular weight is 546 g/mol. The largest absolute Gasteiger partial charge is 0.508 e. The highest BCUT2D eigenvalue weighted by Crippen LogP contribution is 2.37. The van der Waals surface area contributed by atoms with Gasteiger partial charge in [0.2, 0.25) is 0 Å². The topological polar surface area (TPSA) is 84.8 Å². The van der Waals surface area contributed by atoms with E-state index in [4.69, 9.17) is 13.8 Å². The third kappa shape index (κ3) is 6.46. The summed E-state index contributed by atoms with van der Waals surface area (Å²) in [5.74, 6) is 2.25. The zero-order valence-corrected chi connectivity index (χ0v) is 23.7. The first kappa shape index (κ1) is 27.1. The van der Waals surface area contributed by atoms with Crippen molar-refractivity contribution < 1.29 is 18.9 Å². The van der Waals surface area contributed by atoms with Gasteiger partial charge in [-0.15, -0.1) is 0 Å². The molecule has 7 rings (SSSR count). The Morgan fingerprint density at radius 1 is 0.700 bits per heavy atom. The van der Waals surface area contributed by atoms with Gasteiger partial charge in [-0.1, -0.05) is 55.3 Å². The molecule has 214 valence electrons. The predicted octanol–water partition coefficient (Wildman–Crippen LogP) is 8.32. The molecule has 0 atom stereocenters. The van der Waals surface area contributed by atoms with Crippen molar-refractivity contribution >= 4 is 21.9 Å². The third-order valence-corrected chi connectivity index (χ3v) is 9.06. The van der Waals surface area contributed by atoms with Crippen LogP contribution in [0.15, 0.2) is 45.4 Å². The first-order valence-electron chi connectivity index (χ1n) is 15.6. The van der Waals surface area contributed by atoms with Gasteiger partial charge in [-0.2, -0.15) is 0 Å². The second kappa shape index (κ2) is 13.1. The van der Waals surface area contributed by atoms with E-state index in [2.05, 4.69) is 27.3 Å². The molecule has 1 aliphatic heterocycles. The number of phenols is 1. The highest BCUT2D eigenvalue weighted by Gasteiger charge is 2.23. The summed E-state index contributed by atoms with van der Waals surface area (Å²) in [6.45, 7) is 4.20. The molecule has 3 fully saturated rings. The zero-order chi connectivity index (χ0) is 27.1. The molecule has 4 aromatic rings. The van der Waals surface area contributed by atoms with Crippen molar-refractivity contribution in [3.05, 3.63) is 47.8 Å². The summed E-state index contributed by atoms with van der Waals surface area (Å²) < 4.78 is 16.8. The van der Waals surface area contributed by atoms with Gasteiger partial charge in [0.1, 0.15) is 18.1 Å². The monoisotopic (exact) mass is 545 g/mol. The first-order valence-corrected chi connectivity index (χ1v) is 15.6. The van der Waals surface area contributed by atoms with Crippen molar-refractivity contribution in [2.75, 3.05) is 26.2 Å². The van der Waals surface area contributed by atoms with Crippen molar-refractivity contribution in [1.82, 2.24) is 15.2 Å². The number of ether oxygens (including phenoxy) is 1. The number of benzene rings is 2. The molecule has 1 saturated heterocycles. The van der Waals surface area contributed by atoms with Crippen LogP contribution in [0.25, 0.3) is 21.9 Å². The lowest BCUT2D eigenvalue weighted by Gasteiger charge is -2.26. The maximum atomic E-state index is 9.36. The molecule has 0 unspecified atom stereocenters. The van der Waals surface area contributed by atoms with E-state index in [1.54, 1.807) is 12.1 Å². The summed E-state index contributed by atoms with van der Waals surface area (Å²) in [7, 11) is 0. The summed E-state index contributed by atoms with van der Waals surface area (Å²) >= 11 is 0. The lowest BCUT2D eigenvalue weighted by molar-refractivity contribution is 0.183. The van der Waals surface area contributed by atoms with E-state index >= 15 is 0 Å². The number of hydrogen-bond acceptors (Lipinski definition) is 7. The predicted molar refractivity (Wildman–Crippen MR) is 157 cm³/mol. The quantitative estimate of drug-likeness (QED) is 0.261. The molecule has 3 aliphatic rings. The van der Waals surface area contributed by atoms with E-state index in [1.807, 2.05) is 12.1 Å². The number of fused-ring (bicyclic) bond motifs is 2. The molecule has 2 aliphatic carbocycles. The molecule has 3 heterocycles. The van der Waals surface area contributed by atoms with Crippen LogP contribution in [0.3, 0.4) is 0 Å². The SMILES string of the molecule is Oc1ccc2c(C3CCCCC3)noc2c1.c1cc2c(C3CCCCC3)noc2cc1OCCN1CCCCC1. The van der Waals surface area contributed by atoms with Crippen LogP contribution < -0.4 is 4.74 Å². The Morgan fingerprint density at radius 2 is 1.25 bits per heavy atom. The van der Waals surface area contributed by atoms with Crippen LogP contribution in [0.2, 0.25) is 0 Å². The molecule has 7 heteroatoms. The van der Waals surface area contributed by atoms with Crippen molar-refractivity contribution in [3.8, 4) is 11.5 Å². The van der Waals surface area contributed by atoms with Gasteiger partial charge in [-0.3, -0.25) is 4.90 Å². The van der Waals surface area contributed by atoms with E-state index < -0.39 is 0 Å². The highest BCUT2D eigenvalue weighted by atomic mass is 16.5. The van der Waals surface area contributed by atoms with Crippen LogP contribution in [0.4, 0.5) is 0 Å². The minimum Gasteiger partial charge on any atom is -0.508 e. The maximum Gasteiger partial charge on any atom is 0.170 e. The molecule has 7 nitrogen and oxygen atoms in total. The smallest absolute Gasteiger partial charge is 0.170 e. The molecule has 40 heavy (non-hydrogen) atoms. The number of phenolic OH excluding ortho intramolecular Hbond substituents is 1. The van der Waals surface area contributed by atoms with Gasteiger partial charge in [0.25, 0.3) is 0 Å². The van der Waals surface area contributed by atoms with Crippen LogP contribution in [0, 0.1) is 0 Å². The molecule has 2 aromatic carbocycles. The number of aromatic hydroxyl groups is 1.